The number of nitrogens with one attached hydrogen (secondary N) is 1. The van der Waals surface area contributed by atoms with Gasteiger partial charge in [-0.25, -0.2) is 14.4 Å². The predicted octanol–water partition coefficient (Wildman–Crippen LogP) is 3.42. The molecule has 0 atom stereocenters. The molecule has 0 bridgehead atoms. The SMILES string of the molecule is Cc1cn2cc(-c3cc4c(=O)[nH]c(C5CCN(C6CC6)CC5)nc4cn3)cc(F)c2n1. The maximum absolute atomic E-state index is 14.5. The van der Waals surface area contributed by atoms with Crippen LogP contribution in [0, 0.1) is 12.7 Å². The van der Waals surface area contributed by atoms with Crippen molar-refractivity contribution in [2.45, 2.75) is 44.6 Å². The van der Waals surface area contributed by atoms with Gasteiger partial charge >= 0.3 is 0 Å². The van der Waals surface area contributed by atoms with Gasteiger partial charge in [-0.05, 0) is 57.8 Å². The van der Waals surface area contributed by atoms with Crippen molar-refractivity contribution in [2.75, 3.05) is 13.1 Å². The minimum absolute atomic E-state index is 0.173. The summed E-state index contributed by atoms with van der Waals surface area (Å²) in [6.45, 7) is 3.95. The fraction of sp³-hybridized carbons (Fsp3) is 0.391. The number of aromatic amines is 1. The largest absolute Gasteiger partial charge is 0.310 e. The number of rotatable bonds is 3. The van der Waals surface area contributed by atoms with E-state index in [1.807, 2.05) is 6.92 Å². The van der Waals surface area contributed by atoms with Crippen LogP contribution in [-0.4, -0.2) is 48.4 Å². The Balaban J connectivity index is 1.34. The molecule has 158 valence electrons. The molecule has 5 heterocycles. The van der Waals surface area contributed by atoms with Gasteiger partial charge in [-0.15, -0.1) is 0 Å². The molecule has 2 fully saturated rings. The van der Waals surface area contributed by atoms with Crippen LogP contribution in [0.3, 0.4) is 0 Å². The highest BCUT2D eigenvalue weighted by molar-refractivity contribution is 5.81. The summed E-state index contributed by atoms with van der Waals surface area (Å²) in [5, 5.41) is 0.464. The van der Waals surface area contributed by atoms with Gasteiger partial charge in [0.1, 0.15) is 5.82 Å². The highest BCUT2D eigenvalue weighted by Crippen LogP contribution is 2.33. The van der Waals surface area contributed by atoms with Gasteiger partial charge in [0.15, 0.2) is 11.5 Å². The van der Waals surface area contributed by atoms with E-state index in [2.05, 4.69) is 19.9 Å². The predicted molar refractivity (Wildman–Crippen MR) is 116 cm³/mol. The molecule has 4 aromatic rings. The maximum Gasteiger partial charge on any atom is 0.258 e. The minimum Gasteiger partial charge on any atom is -0.310 e. The highest BCUT2D eigenvalue weighted by atomic mass is 19.1. The lowest BCUT2D eigenvalue weighted by molar-refractivity contribution is 0.200. The van der Waals surface area contributed by atoms with Gasteiger partial charge in [0.2, 0.25) is 0 Å². The molecular weight excluding hydrogens is 395 g/mol. The summed E-state index contributed by atoms with van der Waals surface area (Å²) >= 11 is 0. The molecule has 0 aromatic carbocycles. The summed E-state index contributed by atoms with van der Waals surface area (Å²) in [5.41, 5.74) is 2.52. The van der Waals surface area contributed by atoms with Crippen molar-refractivity contribution >= 4 is 16.6 Å². The van der Waals surface area contributed by atoms with Gasteiger partial charge < -0.3 is 14.3 Å². The van der Waals surface area contributed by atoms with E-state index in [-0.39, 0.29) is 17.1 Å². The Morgan fingerprint density at radius 1 is 1.10 bits per heavy atom. The fourth-order valence-corrected chi connectivity index (χ4v) is 4.71. The van der Waals surface area contributed by atoms with Crippen LogP contribution in [0.4, 0.5) is 4.39 Å². The van der Waals surface area contributed by atoms with Gasteiger partial charge in [-0.1, -0.05) is 0 Å². The second-order valence-electron chi connectivity index (χ2n) is 8.77. The monoisotopic (exact) mass is 418 g/mol. The van der Waals surface area contributed by atoms with E-state index in [1.54, 1.807) is 29.1 Å². The van der Waals surface area contributed by atoms with Crippen molar-refractivity contribution in [2.24, 2.45) is 0 Å². The molecule has 6 rings (SSSR count). The zero-order chi connectivity index (χ0) is 21.1. The first kappa shape index (κ1) is 18.6. The van der Waals surface area contributed by atoms with E-state index < -0.39 is 5.82 Å². The Morgan fingerprint density at radius 3 is 2.68 bits per heavy atom. The molecule has 4 aromatic heterocycles. The third-order valence-electron chi connectivity index (χ3n) is 6.51. The van der Waals surface area contributed by atoms with Crippen molar-refractivity contribution in [1.82, 2.24) is 29.2 Å². The van der Waals surface area contributed by atoms with E-state index >= 15 is 0 Å². The summed E-state index contributed by atoms with van der Waals surface area (Å²) in [6, 6.07) is 3.87. The van der Waals surface area contributed by atoms with Gasteiger partial charge in [0.05, 0.1) is 28.5 Å². The molecule has 1 N–H and O–H groups in total. The van der Waals surface area contributed by atoms with Crippen LogP contribution in [0.1, 0.15) is 43.1 Å². The number of hydrogen-bond acceptors (Lipinski definition) is 5. The molecule has 0 spiro atoms. The number of pyridine rings is 2. The number of nitrogens with zero attached hydrogens (tertiary/aromatic N) is 5. The maximum atomic E-state index is 14.5. The standard InChI is InChI=1S/C23H23FN6O/c1-13-11-30-12-15(8-18(24)22(30)26-13)19-9-17-20(10-25-19)27-21(28-23(17)31)14-4-6-29(7-5-14)16-2-3-16/h8-12,14,16H,2-7H2,1H3,(H,27,28,31). The van der Waals surface area contributed by atoms with Crippen molar-refractivity contribution in [3.05, 3.63) is 58.4 Å². The van der Waals surface area contributed by atoms with Crippen LogP contribution in [0.2, 0.25) is 0 Å². The molecule has 8 heteroatoms. The quantitative estimate of drug-likeness (QED) is 0.552. The van der Waals surface area contributed by atoms with E-state index in [1.165, 1.54) is 18.9 Å². The molecule has 0 radical (unpaired) electrons. The average molecular weight is 418 g/mol. The number of likely N-dealkylation sites (tertiary alicyclic amines) is 1. The zero-order valence-electron chi connectivity index (χ0n) is 17.3. The van der Waals surface area contributed by atoms with Crippen molar-refractivity contribution in [3.63, 3.8) is 0 Å². The highest BCUT2D eigenvalue weighted by Gasteiger charge is 2.32. The Hall–Kier alpha value is -3.13. The molecule has 0 amide bonds. The first-order valence-corrected chi connectivity index (χ1v) is 10.8. The lowest BCUT2D eigenvalue weighted by Crippen LogP contribution is -2.35. The third kappa shape index (κ3) is 3.31. The summed E-state index contributed by atoms with van der Waals surface area (Å²) in [7, 11) is 0. The fourth-order valence-electron chi connectivity index (χ4n) is 4.71. The summed E-state index contributed by atoms with van der Waals surface area (Å²) < 4.78 is 16.1. The number of H-pyrrole nitrogens is 1. The van der Waals surface area contributed by atoms with Crippen LogP contribution in [0.5, 0.6) is 0 Å². The molecule has 31 heavy (non-hydrogen) atoms. The number of halogens is 1. The number of piperidine rings is 1. The Morgan fingerprint density at radius 2 is 1.90 bits per heavy atom. The second-order valence-corrected chi connectivity index (χ2v) is 8.77. The number of aromatic nitrogens is 5. The van der Waals surface area contributed by atoms with Gasteiger partial charge in [0.25, 0.3) is 5.56 Å². The van der Waals surface area contributed by atoms with Crippen molar-refractivity contribution in [3.8, 4) is 11.3 Å². The molecule has 1 aliphatic heterocycles. The zero-order valence-corrected chi connectivity index (χ0v) is 17.3. The average Bonchev–Trinajstić information content (AvgIpc) is 3.55. The normalized spacial score (nSPS) is 18.3. The number of aryl methyl sites for hydroxylation is 1. The molecule has 1 aliphatic carbocycles. The van der Waals surface area contributed by atoms with Gasteiger partial charge in [-0.2, -0.15) is 0 Å². The lowest BCUT2D eigenvalue weighted by Gasteiger charge is -2.31. The van der Waals surface area contributed by atoms with Crippen LogP contribution in [0.25, 0.3) is 27.8 Å². The topological polar surface area (TPSA) is 79.2 Å². The second kappa shape index (κ2) is 6.95. The summed E-state index contributed by atoms with van der Waals surface area (Å²) in [5.74, 6) is 0.601. The van der Waals surface area contributed by atoms with E-state index in [9.17, 15) is 9.18 Å². The first-order valence-electron chi connectivity index (χ1n) is 10.8. The Labute approximate surface area is 178 Å². The smallest absolute Gasteiger partial charge is 0.258 e. The number of hydrogen-bond donors (Lipinski definition) is 1. The molecule has 1 saturated carbocycles. The van der Waals surface area contributed by atoms with E-state index in [4.69, 9.17) is 4.98 Å². The molecule has 1 saturated heterocycles. The lowest BCUT2D eigenvalue weighted by atomic mass is 9.95. The Kier molecular flexibility index (Phi) is 4.17. The van der Waals surface area contributed by atoms with E-state index in [0.29, 0.717) is 22.2 Å². The van der Waals surface area contributed by atoms with Crippen molar-refractivity contribution < 1.29 is 4.39 Å². The summed E-state index contributed by atoms with van der Waals surface area (Å²) in [4.78, 5) is 31.8. The van der Waals surface area contributed by atoms with Crippen LogP contribution < -0.4 is 5.56 Å². The molecular formula is C23H23FN6O. The summed E-state index contributed by atoms with van der Waals surface area (Å²) in [6.07, 6.45) is 9.82. The number of fused-ring (bicyclic) bond motifs is 2. The molecule has 0 unspecified atom stereocenters. The van der Waals surface area contributed by atoms with Crippen molar-refractivity contribution in [1.29, 1.82) is 0 Å². The molecule has 2 aliphatic rings. The van der Waals surface area contributed by atoms with Crippen LogP contribution in [0.15, 0.2) is 35.5 Å². The van der Waals surface area contributed by atoms with Gasteiger partial charge in [-0.3, -0.25) is 9.78 Å². The third-order valence-corrected chi connectivity index (χ3v) is 6.51. The van der Waals surface area contributed by atoms with Gasteiger partial charge in [0, 0.05) is 29.9 Å². The first-order chi connectivity index (χ1) is 15.0. The van der Waals surface area contributed by atoms with E-state index in [0.717, 1.165) is 43.5 Å². The molecule has 7 nitrogen and oxygen atoms in total. The number of imidazole rings is 1. The van der Waals surface area contributed by atoms with Crippen LogP contribution in [-0.2, 0) is 0 Å². The Bertz CT molecular complexity index is 1360. The van der Waals surface area contributed by atoms with Crippen LogP contribution >= 0.6 is 0 Å². The minimum atomic E-state index is -0.424.